The molecular weight excluding hydrogens is 306 g/mol. The van der Waals surface area contributed by atoms with Crippen molar-refractivity contribution in [1.82, 2.24) is 14.7 Å². The van der Waals surface area contributed by atoms with Crippen molar-refractivity contribution in [2.75, 3.05) is 20.6 Å². The smallest absolute Gasteiger partial charge is 0.108 e. The quantitative estimate of drug-likeness (QED) is 0.923. The number of rotatable bonds is 4. The van der Waals surface area contributed by atoms with Crippen LogP contribution in [0.5, 0.6) is 0 Å². The van der Waals surface area contributed by atoms with Gasteiger partial charge in [-0.05, 0) is 54.7 Å². The van der Waals surface area contributed by atoms with Gasteiger partial charge in [-0.15, -0.1) is 0 Å². The molecule has 1 saturated carbocycles. The lowest BCUT2D eigenvalue weighted by Gasteiger charge is -2.27. The first-order valence-electron chi connectivity index (χ1n) is 6.82. The summed E-state index contributed by atoms with van der Waals surface area (Å²) < 4.78 is 2.87. The summed E-state index contributed by atoms with van der Waals surface area (Å²) in [4.78, 5) is 2.13. The molecule has 1 aliphatic rings. The van der Waals surface area contributed by atoms with E-state index in [2.05, 4.69) is 39.8 Å². The Morgan fingerprint density at radius 1 is 1.42 bits per heavy atom. The lowest BCUT2D eigenvalue weighted by molar-refractivity contribution is 0.0237. The van der Waals surface area contributed by atoms with E-state index in [1.807, 2.05) is 18.8 Å². The first-order chi connectivity index (χ1) is 8.73. The molecule has 5 heteroatoms. The van der Waals surface area contributed by atoms with E-state index in [-0.39, 0.29) is 5.41 Å². The van der Waals surface area contributed by atoms with Gasteiger partial charge in [0.1, 0.15) is 5.60 Å². The molecule has 0 radical (unpaired) electrons. The SMILES string of the molecule is CN(C)CCn1ncc(Br)c1C1(O)CCC(C)(C)C1. The minimum Gasteiger partial charge on any atom is -0.384 e. The summed E-state index contributed by atoms with van der Waals surface area (Å²) in [5, 5.41) is 15.4. The van der Waals surface area contributed by atoms with Gasteiger partial charge in [0.05, 0.1) is 22.9 Å². The Morgan fingerprint density at radius 2 is 2.11 bits per heavy atom. The molecule has 1 unspecified atom stereocenters. The van der Waals surface area contributed by atoms with Gasteiger partial charge in [-0.3, -0.25) is 4.68 Å². The second-order valence-corrected chi connectivity index (χ2v) is 7.59. The van der Waals surface area contributed by atoms with Gasteiger partial charge in [-0.2, -0.15) is 5.10 Å². The molecular formula is C14H24BrN3O. The Kier molecular flexibility index (Phi) is 4.10. The summed E-state index contributed by atoms with van der Waals surface area (Å²) in [7, 11) is 4.09. The van der Waals surface area contributed by atoms with Gasteiger partial charge in [0.15, 0.2) is 0 Å². The third kappa shape index (κ3) is 3.20. The van der Waals surface area contributed by atoms with Crippen molar-refractivity contribution in [3.05, 3.63) is 16.4 Å². The third-order valence-corrected chi connectivity index (χ3v) is 4.56. The molecule has 1 aromatic rings. The zero-order valence-corrected chi connectivity index (χ0v) is 13.9. The Labute approximate surface area is 123 Å². The molecule has 0 aliphatic heterocycles. The van der Waals surface area contributed by atoms with Crippen LogP contribution in [0.3, 0.4) is 0 Å². The minimum atomic E-state index is -0.745. The van der Waals surface area contributed by atoms with E-state index < -0.39 is 5.60 Å². The monoisotopic (exact) mass is 329 g/mol. The van der Waals surface area contributed by atoms with Gasteiger partial charge >= 0.3 is 0 Å². The van der Waals surface area contributed by atoms with Crippen LogP contribution < -0.4 is 0 Å². The predicted octanol–water partition coefficient (Wildman–Crippen LogP) is 2.60. The first kappa shape index (κ1) is 15.0. The third-order valence-electron chi connectivity index (χ3n) is 3.98. The lowest BCUT2D eigenvalue weighted by atomic mass is 9.88. The highest BCUT2D eigenvalue weighted by molar-refractivity contribution is 9.10. The van der Waals surface area contributed by atoms with Crippen molar-refractivity contribution in [3.8, 4) is 0 Å². The molecule has 1 heterocycles. The molecule has 1 atom stereocenters. The fourth-order valence-corrected chi connectivity index (χ4v) is 3.67. The van der Waals surface area contributed by atoms with Gasteiger partial charge < -0.3 is 10.0 Å². The van der Waals surface area contributed by atoms with Gasteiger partial charge in [0.25, 0.3) is 0 Å². The number of halogens is 1. The highest BCUT2D eigenvalue weighted by Gasteiger charge is 2.45. The second kappa shape index (κ2) is 5.19. The average Bonchev–Trinajstić information content (AvgIpc) is 2.77. The molecule has 19 heavy (non-hydrogen) atoms. The maximum atomic E-state index is 11.0. The number of hydrogen-bond donors (Lipinski definition) is 1. The van der Waals surface area contributed by atoms with Crippen molar-refractivity contribution in [3.63, 3.8) is 0 Å². The number of aromatic nitrogens is 2. The maximum Gasteiger partial charge on any atom is 0.108 e. The van der Waals surface area contributed by atoms with Crippen molar-refractivity contribution < 1.29 is 5.11 Å². The van der Waals surface area contributed by atoms with Crippen LogP contribution in [0.15, 0.2) is 10.7 Å². The summed E-state index contributed by atoms with van der Waals surface area (Å²) in [6, 6.07) is 0. The molecule has 2 rings (SSSR count). The first-order valence-corrected chi connectivity index (χ1v) is 7.62. The zero-order chi connectivity index (χ0) is 14.3. The van der Waals surface area contributed by atoms with Crippen LogP contribution in [0, 0.1) is 5.41 Å². The minimum absolute atomic E-state index is 0.199. The van der Waals surface area contributed by atoms with Crippen molar-refractivity contribution in [2.45, 2.75) is 45.3 Å². The highest BCUT2D eigenvalue weighted by atomic mass is 79.9. The summed E-state index contributed by atoms with van der Waals surface area (Å²) in [6.45, 7) is 6.16. The summed E-state index contributed by atoms with van der Waals surface area (Å²) in [5.74, 6) is 0. The van der Waals surface area contributed by atoms with Crippen LogP contribution in [0.2, 0.25) is 0 Å². The van der Waals surface area contributed by atoms with Gasteiger partial charge in [-0.1, -0.05) is 13.8 Å². The summed E-state index contributed by atoms with van der Waals surface area (Å²) in [5.41, 5.74) is 0.399. The molecule has 0 spiro atoms. The average molecular weight is 330 g/mol. The molecule has 0 amide bonds. The molecule has 1 N–H and O–H groups in total. The molecule has 0 bridgehead atoms. The van der Waals surface area contributed by atoms with E-state index in [0.717, 1.165) is 42.5 Å². The highest BCUT2D eigenvalue weighted by Crippen LogP contribution is 2.50. The Morgan fingerprint density at radius 3 is 2.63 bits per heavy atom. The van der Waals surface area contributed by atoms with Crippen LogP contribution in [0.4, 0.5) is 0 Å². The number of aliphatic hydroxyl groups is 1. The summed E-state index contributed by atoms with van der Waals surface area (Å²) >= 11 is 3.55. The number of hydrogen-bond acceptors (Lipinski definition) is 3. The van der Waals surface area contributed by atoms with Crippen molar-refractivity contribution >= 4 is 15.9 Å². The van der Waals surface area contributed by atoms with Crippen LogP contribution in [0.25, 0.3) is 0 Å². The molecule has 1 aromatic heterocycles. The Hall–Kier alpha value is -0.390. The van der Waals surface area contributed by atoms with Crippen molar-refractivity contribution in [1.29, 1.82) is 0 Å². The van der Waals surface area contributed by atoms with E-state index in [0.29, 0.717) is 0 Å². The predicted molar refractivity (Wildman–Crippen MR) is 80.0 cm³/mol. The molecule has 4 nitrogen and oxygen atoms in total. The molecule has 108 valence electrons. The second-order valence-electron chi connectivity index (χ2n) is 6.74. The largest absolute Gasteiger partial charge is 0.384 e. The van der Waals surface area contributed by atoms with E-state index >= 15 is 0 Å². The zero-order valence-electron chi connectivity index (χ0n) is 12.3. The molecule has 0 aromatic carbocycles. The maximum absolute atomic E-state index is 11.0. The fourth-order valence-electron chi connectivity index (χ4n) is 3.01. The van der Waals surface area contributed by atoms with E-state index in [1.54, 1.807) is 6.20 Å². The molecule has 1 fully saturated rings. The normalized spacial score (nSPS) is 26.3. The fraction of sp³-hybridized carbons (Fsp3) is 0.786. The van der Waals surface area contributed by atoms with Crippen LogP contribution in [-0.2, 0) is 12.1 Å². The van der Waals surface area contributed by atoms with Gasteiger partial charge in [-0.25, -0.2) is 0 Å². The Bertz CT molecular complexity index is 456. The van der Waals surface area contributed by atoms with Crippen LogP contribution >= 0.6 is 15.9 Å². The topological polar surface area (TPSA) is 41.3 Å². The van der Waals surface area contributed by atoms with Crippen LogP contribution in [0.1, 0.15) is 38.8 Å². The standard InChI is InChI=1S/C14H24BrN3O/c1-13(2)5-6-14(19,10-13)12-11(15)9-16-18(12)8-7-17(3)4/h9,19H,5-8,10H2,1-4H3. The van der Waals surface area contributed by atoms with E-state index in [9.17, 15) is 5.11 Å². The lowest BCUT2D eigenvalue weighted by Crippen LogP contribution is -2.30. The number of nitrogens with zero attached hydrogens (tertiary/aromatic N) is 3. The van der Waals surface area contributed by atoms with Gasteiger partial charge in [0.2, 0.25) is 0 Å². The molecule has 0 saturated heterocycles. The van der Waals surface area contributed by atoms with Gasteiger partial charge in [0, 0.05) is 6.54 Å². The Balaban J connectivity index is 2.26. The van der Waals surface area contributed by atoms with E-state index in [4.69, 9.17) is 0 Å². The summed E-state index contributed by atoms with van der Waals surface area (Å²) in [6.07, 6.45) is 4.46. The molecule has 1 aliphatic carbocycles. The van der Waals surface area contributed by atoms with Crippen LogP contribution in [-0.4, -0.2) is 40.4 Å². The number of likely N-dealkylation sites (N-methyl/N-ethyl adjacent to an activating group) is 1. The van der Waals surface area contributed by atoms with E-state index in [1.165, 1.54) is 0 Å². The van der Waals surface area contributed by atoms with Crippen molar-refractivity contribution in [2.24, 2.45) is 5.41 Å².